The number of piperazine rings is 1. The first-order valence-corrected chi connectivity index (χ1v) is 14.3. The molecule has 4 aliphatic rings. The van der Waals surface area contributed by atoms with Gasteiger partial charge in [0.2, 0.25) is 5.91 Å². The molecule has 0 N–H and O–H groups in total. The van der Waals surface area contributed by atoms with Crippen molar-refractivity contribution in [3.8, 4) is 0 Å². The summed E-state index contributed by atoms with van der Waals surface area (Å²) in [6.45, 7) is 7.65. The number of methoxy groups -OCH3 is 1. The summed E-state index contributed by atoms with van der Waals surface area (Å²) >= 11 is 6.42. The number of fused-ring (bicyclic) bond motifs is 1. The van der Waals surface area contributed by atoms with Crippen molar-refractivity contribution in [3.05, 3.63) is 0 Å². The van der Waals surface area contributed by atoms with Gasteiger partial charge in [0, 0.05) is 51.0 Å². The SMILES string of the molecule is CCC(CN(C)C1CC1)C1CCC2C(C1)N(C(=O)OC1CC(Cl)CCC1OC)C[C@H](C)N2C(C)=O. The summed E-state index contributed by atoms with van der Waals surface area (Å²) in [4.78, 5) is 32.8. The highest BCUT2D eigenvalue weighted by atomic mass is 35.5. The fraction of sp³-hybridized carbons (Fsp3) is 0.926. The lowest BCUT2D eigenvalue weighted by atomic mass is 9.72. The summed E-state index contributed by atoms with van der Waals surface area (Å²) in [5, 5.41) is 0.00765. The average molecular weight is 512 g/mol. The molecule has 7 unspecified atom stereocenters. The first-order valence-electron chi connectivity index (χ1n) is 13.9. The molecule has 0 radical (unpaired) electrons. The number of halogens is 1. The summed E-state index contributed by atoms with van der Waals surface area (Å²) in [6.07, 6.45) is 8.38. The van der Waals surface area contributed by atoms with Gasteiger partial charge >= 0.3 is 6.09 Å². The smallest absolute Gasteiger partial charge is 0.410 e. The molecule has 0 spiro atoms. The Morgan fingerprint density at radius 2 is 1.80 bits per heavy atom. The maximum Gasteiger partial charge on any atom is 0.410 e. The van der Waals surface area contributed by atoms with Gasteiger partial charge in [0.1, 0.15) is 6.10 Å². The van der Waals surface area contributed by atoms with Crippen LogP contribution in [0.25, 0.3) is 0 Å². The number of hydrogen-bond donors (Lipinski definition) is 0. The summed E-state index contributed by atoms with van der Waals surface area (Å²) in [6, 6.07) is 0.791. The molecule has 0 aromatic heterocycles. The third kappa shape index (κ3) is 6.10. The van der Waals surface area contributed by atoms with Gasteiger partial charge in [-0.25, -0.2) is 4.79 Å². The van der Waals surface area contributed by atoms with Gasteiger partial charge in [-0.2, -0.15) is 0 Å². The highest BCUT2D eigenvalue weighted by molar-refractivity contribution is 6.20. The van der Waals surface area contributed by atoms with E-state index >= 15 is 0 Å². The van der Waals surface area contributed by atoms with Crippen LogP contribution >= 0.6 is 11.6 Å². The van der Waals surface area contributed by atoms with Crippen LogP contribution in [0.1, 0.15) is 78.6 Å². The highest BCUT2D eigenvalue weighted by Gasteiger charge is 2.48. The molecule has 3 aliphatic carbocycles. The van der Waals surface area contributed by atoms with Gasteiger partial charge in [0.25, 0.3) is 0 Å². The Bertz CT molecular complexity index is 750. The van der Waals surface area contributed by atoms with Crippen molar-refractivity contribution in [2.45, 2.75) is 120 Å². The zero-order chi connectivity index (χ0) is 25.3. The molecule has 0 aromatic carbocycles. The van der Waals surface area contributed by atoms with Crippen LogP contribution in [0.3, 0.4) is 0 Å². The molecule has 1 saturated heterocycles. The summed E-state index contributed by atoms with van der Waals surface area (Å²) < 4.78 is 11.7. The molecule has 200 valence electrons. The molecule has 35 heavy (non-hydrogen) atoms. The summed E-state index contributed by atoms with van der Waals surface area (Å²) in [5.41, 5.74) is 0. The fourth-order valence-electron chi connectivity index (χ4n) is 7.13. The Hall–Kier alpha value is -1.05. The van der Waals surface area contributed by atoms with Gasteiger partial charge in [0.05, 0.1) is 18.2 Å². The first kappa shape index (κ1) is 27.0. The van der Waals surface area contributed by atoms with E-state index in [-0.39, 0.29) is 47.7 Å². The van der Waals surface area contributed by atoms with Crippen LogP contribution in [0.15, 0.2) is 0 Å². The predicted molar refractivity (Wildman–Crippen MR) is 138 cm³/mol. The lowest BCUT2D eigenvalue weighted by Crippen LogP contribution is -2.67. The average Bonchev–Trinajstić information content (AvgIpc) is 3.67. The lowest BCUT2D eigenvalue weighted by Gasteiger charge is -2.54. The molecule has 3 saturated carbocycles. The van der Waals surface area contributed by atoms with Crippen molar-refractivity contribution in [2.75, 3.05) is 27.2 Å². The number of alkyl halides is 1. The number of carbonyl (C=O) groups is 2. The Morgan fingerprint density at radius 3 is 2.43 bits per heavy atom. The Kier molecular flexibility index (Phi) is 8.91. The Morgan fingerprint density at radius 1 is 1.06 bits per heavy atom. The lowest BCUT2D eigenvalue weighted by molar-refractivity contribution is -0.143. The molecule has 0 aromatic rings. The second-order valence-corrected chi connectivity index (χ2v) is 12.2. The van der Waals surface area contributed by atoms with Crippen molar-refractivity contribution in [1.29, 1.82) is 0 Å². The highest BCUT2D eigenvalue weighted by Crippen LogP contribution is 2.41. The second kappa shape index (κ2) is 11.6. The van der Waals surface area contributed by atoms with E-state index in [0.29, 0.717) is 24.8 Å². The zero-order valence-electron chi connectivity index (χ0n) is 22.3. The van der Waals surface area contributed by atoms with E-state index in [1.807, 2.05) is 9.80 Å². The van der Waals surface area contributed by atoms with Crippen molar-refractivity contribution >= 4 is 23.6 Å². The predicted octanol–water partition coefficient (Wildman–Crippen LogP) is 4.51. The molecule has 7 nitrogen and oxygen atoms in total. The van der Waals surface area contributed by atoms with Crippen molar-refractivity contribution < 1.29 is 19.1 Å². The third-order valence-corrected chi connectivity index (χ3v) is 9.62. The standard InChI is InChI=1S/C27H46ClN3O4/c1-6-19(16-29(4)22-9-10-22)20-7-11-23-24(13-20)30(15-17(2)31(23)18(3)32)27(33)35-26-14-21(28)8-12-25(26)34-5/h17,19-26H,6-16H2,1-5H3/t17-,19?,20?,21?,23?,24?,25?,26?/m0/s1. The number of hydrogen-bond acceptors (Lipinski definition) is 5. The minimum atomic E-state index is -0.321. The first-order chi connectivity index (χ1) is 16.7. The molecule has 2 amide bonds. The van der Waals surface area contributed by atoms with E-state index in [2.05, 4.69) is 25.8 Å². The topological polar surface area (TPSA) is 62.3 Å². The number of carbonyl (C=O) groups excluding carboxylic acids is 2. The van der Waals surface area contributed by atoms with Gasteiger partial charge in [0.15, 0.2) is 0 Å². The largest absolute Gasteiger partial charge is 0.443 e. The molecule has 8 heteroatoms. The number of amides is 2. The van der Waals surface area contributed by atoms with Crippen LogP contribution in [-0.4, -0.2) is 95.7 Å². The van der Waals surface area contributed by atoms with Crippen LogP contribution < -0.4 is 0 Å². The van der Waals surface area contributed by atoms with E-state index in [1.165, 1.54) is 12.8 Å². The van der Waals surface area contributed by atoms with Gasteiger partial charge in [-0.3, -0.25) is 4.79 Å². The van der Waals surface area contributed by atoms with Gasteiger partial charge in [-0.1, -0.05) is 13.3 Å². The van der Waals surface area contributed by atoms with Crippen molar-refractivity contribution in [1.82, 2.24) is 14.7 Å². The molecule has 1 aliphatic heterocycles. The van der Waals surface area contributed by atoms with Crippen molar-refractivity contribution in [3.63, 3.8) is 0 Å². The van der Waals surface area contributed by atoms with E-state index in [1.54, 1.807) is 14.0 Å². The zero-order valence-corrected chi connectivity index (χ0v) is 23.1. The van der Waals surface area contributed by atoms with Crippen LogP contribution in [0, 0.1) is 11.8 Å². The Balaban J connectivity index is 1.50. The molecule has 4 rings (SSSR count). The molecule has 8 atom stereocenters. The maximum absolute atomic E-state index is 13.6. The van der Waals surface area contributed by atoms with E-state index in [9.17, 15) is 9.59 Å². The van der Waals surface area contributed by atoms with Crippen molar-refractivity contribution in [2.24, 2.45) is 11.8 Å². The van der Waals surface area contributed by atoms with Gasteiger partial charge in [-0.05, 0) is 70.8 Å². The second-order valence-electron chi connectivity index (χ2n) is 11.6. The summed E-state index contributed by atoms with van der Waals surface area (Å²) in [7, 11) is 3.94. The van der Waals surface area contributed by atoms with Gasteiger partial charge in [-0.15, -0.1) is 11.6 Å². The van der Waals surface area contributed by atoms with Gasteiger partial charge < -0.3 is 24.2 Å². The quantitative estimate of drug-likeness (QED) is 0.471. The fourth-order valence-corrected chi connectivity index (χ4v) is 7.43. The molecule has 4 fully saturated rings. The minimum Gasteiger partial charge on any atom is -0.443 e. The molecular weight excluding hydrogens is 466 g/mol. The van der Waals surface area contributed by atoms with Crippen LogP contribution in [0.2, 0.25) is 0 Å². The summed E-state index contributed by atoms with van der Waals surface area (Å²) in [5.74, 6) is 1.27. The molecular formula is C27H46ClN3O4. The van der Waals surface area contributed by atoms with E-state index < -0.39 is 0 Å². The molecule has 1 heterocycles. The molecule has 0 bridgehead atoms. The Labute approximate surface area is 216 Å². The minimum absolute atomic E-state index is 0.00184. The number of rotatable bonds is 7. The third-order valence-electron chi connectivity index (χ3n) is 9.22. The number of nitrogens with zero attached hydrogens (tertiary/aromatic N) is 3. The van der Waals surface area contributed by atoms with Crippen LogP contribution in [0.5, 0.6) is 0 Å². The van der Waals surface area contributed by atoms with E-state index in [4.69, 9.17) is 21.1 Å². The normalized spacial score (nSPS) is 36.6. The monoisotopic (exact) mass is 511 g/mol. The van der Waals surface area contributed by atoms with Crippen LogP contribution in [0.4, 0.5) is 4.79 Å². The van der Waals surface area contributed by atoms with E-state index in [0.717, 1.165) is 51.1 Å². The number of ether oxygens (including phenoxy) is 2. The maximum atomic E-state index is 13.6. The van der Waals surface area contributed by atoms with Crippen LogP contribution in [-0.2, 0) is 14.3 Å².